The molecule has 0 saturated heterocycles. The highest BCUT2D eigenvalue weighted by molar-refractivity contribution is 7.91. The van der Waals surface area contributed by atoms with Crippen LogP contribution in [0.15, 0.2) is 30.3 Å². The summed E-state index contributed by atoms with van der Waals surface area (Å²) >= 11 is 6.53. The highest BCUT2D eigenvalue weighted by Gasteiger charge is 2.44. The monoisotopic (exact) mass is 492 g/mol. The van der Waals surface area contributed by atoms with Crippen molar-refractivity contribution in [1.82, 2.24) is 15.1 Å². The van der Waals surface area contributed by atoms with Crippen LogP contribution in [0.5, 0.6) is 0 Å². The molecular formula is C23H29ClN4O4S. The van der Waals surface area contributed by atoms with E-state index in [0.717, 1.165) is 54.3 Å². The lowest BCUT2D eigenvalue weighted by molar-refractivity contribution is -0.124. The number of aromatic nitrogens is 2. The lowest BCUT2D eigenvalue weighted by Crippen LogP contribution is -2.44. The Morgan fingerprint density at radius 1 is 1.18 bits per heavy atom. The van der Waals surface area contributed by atoms with Crippen LogP contribution in [0.25, 0.3) is 0 Å². The van der Waals surface area contributed by atoms with E-state index in [9.17, 15) is 18.0 Å². The number of benzene rings is 1. The number of nitrogens with zero attached hydrogens (tertiary/aromatic N) is 3. The SMILES string of the molecule is CCS(=O)(=O)CCC(=O)NCC(=O)N1CCCn2nc(C3(c4ccccc4Cl)CCC3)cc21. The molecule has 1 aliphatic heterocycles. The van der Waals surface area contributed by atoms with Crippen LogP contribution in [0.2, 0.25) is 5.02 Å². The van der Waals surface area contributed by atoms with Gasteiger partial charge in [-0.3, -0.25) is 14.5 Å². The summed E-state index contributed by atoms with van der Waals surface area (Å²) in [7, 11) is -3.23. The second-order valence-corrected chi connectivity index (χ2v) is 11.6. The van der Waals surface area contributed by atoms with Gasteiger partial charge in [0.05, 0.1) is 18.0 Å². The Morgan fingerprint density at radius 3 is 2.61 bits per heavy atom. The van der Waals surface area contributed by atoms with Gasteiger partial charge in [-0.25, -0.2) is 13.1 Å². The van der Waals surface area contributed by atoms with Gasteiger partial charge < -0.3 is 5.32 Å². The van der Waals surface area contributed by atoms with Crippen molar-refractivity contribution in [3.8, 4) is 0 Å². The quantitative estimate of drug-likeness (QED) is 0.610. The third-order valence-electron chi connectivity index (χ3n) is 6.69. The van der Waals surface area contributed by atoms with Gasteiger partial charge in [0.1, 0.15) is 5.82 Å². The summed E-state index contributed by atoms with van der Waals surface area (Å²) in [5.74, 6) is -0.182. The number of nitrogens with one attached hydrogen (secondary N) is 1. The largest absolute Gasteiger partial charge is 0.347 e. The molecule has 0 spiro atoms. The third kappa shape index (κ3) is 4.80. The fourth-order valence-electron chi connectivity index (χ4n) is 4.56. The zero-order valence-corrected chi connectivity index (χ0v) is 20.3. The Labute approximate surface area is 199 Å². The Morgan fingerprint density at radius 2 is 1.94 bits per heavy atom. The van der Waals surface area contributed by atoms with E-state index in [0.29, 0.717) is 6.54 Å². The highest BCUT2D eigenvalue weighted by atomic mass is 35.5. The van der Waals surface area contributed by atoms with Crippen molar-refractivity contribution in [3.63, 3.8) is 0 Å². The Balaban J connectivity index is 1.48. The Hall–Kier alpha value is -2.39. The van der Waals surface area contributed by atoms with Crippen LogP contribution in [-0.4, -0.2) is 54.6 Å². The fraction of sp³-hybridized carbons (Fsp3) is 0.522. The van der Waals surface area contributed by atoms with E-state index in [2.05, 4.69) is 11.4 Å². The molecule has 2 amide bonds. The maximum Gasteiger partial charge on any atom is 0.247 e. The number of fused-ring (bicyclic) bond motifs is 1. The molecule has 2 aliphatic rings. The van der Waals surface area contributed by atoms with Crippen LogP contribution in [0, 0.1) is 0 Å². The maximum absolute atomic E-state index is 12.9. The summed E-state index contributed by atoms with van der Waals surface area (Å²) in [6.07, 6.45) is 3.62. The molecule has 0 atom stereocenters. The number of hydrogen-bond donors (Lipinski definition) is 1. The molecule has 0 radical (unpaired) electrons. The average molecular weight is 493 g/mol. The van der Waals surface area contributed by atoms with Gasteiger partial charge in [0, 0.05) is 41.8 Å². The summed E-state index contributed by atoms with van der Waals surface area (Å²) in [4.78, 5) is 26.6. The topological polar surface area (TPSA) is 101 Å². The van der Waals surface area contributed by atoms with E-state index in [4.69, 9.17) is 16.7 Å². The summed E-state index contributed by atoms with van der Waals surface area (Å²) in [6, 6.07) is 9.84. The standard InChI is InChI=1S/C23H29ClN4O4S/c1-2-33(31,32)14-9-20(29)25-16-22(30)27-12-6-13-28-21(27)15-19(26-28)23(10-5-11-23)17-7-3-4-8-18(17)24/h3-4,7-8,15H,2,5-6,9-14,16H2,1H3,(H,25,29). The maximum atomic E-state index is 12.9. The van der Waals surface area contributed by atoms with E-state index in [1.54, 1.807) is 11.8 Å². The first-order chi connectivity index (χ1) is 15.8. The molecular weight excluding hydrogens is 464 g/mol. The van der Waals surface area contributed by atoms with Crippen LogP contribution >= 0.6 is 11.6 Å². The number of anilines is 1. The van der Waals surface area contributed by atoms with Crippen molar-refractivity contribution < 1.29 is 18.0 Å². The molecule has 1 aromatic carbocycles. The predicted molar refractivity (Wildman–Crippen MR) is 127 cm³/mol. The van der Waals surface area contributed by atoms with Gasteiger partial charge in [-0.15, -0.1) is 0 Å². The molecule has 2 aromatic rings. The summed E-state index contributed by atoms with van der Waals surface area (Å²) in [5.41, 5.74) is 1.75. The fourth-order valence-corrected chi connectivity index (χ4v) is 5.66. The zero-order chi connectivity index (χ0) is 23.6. The number of rotatable bonds is 8. The van der Waals surface area contributed by atoms with Gasteiger partial charge in [0.15, 0.2) is 9.84 Å². The number of carbonyl (C=O) groups is 2. The molecule has 8 nitrogen and oxygen atoms in total. The second kappa shape index (κ2) is 9.46. The molecule has 0 unspecified atom stereocenters. The van der Waals surface area contributed by atoms with Crippen LogP contribution < -0.4 is 10.2 Å². The van der Waals surface area contributed by atoms with Crippen molar-refractivity contribution in [1.29, 1.82) is 0 Å². The van der Waals surface area contributed by atoms with E-state index >= 15 is 0 Å². The number of hydrogen-bond acceptors (Lipinski definition) is 5. The van der Waals surface area contributed by atoms with E-state index < -0.39 is 15.7 Å². The molecule has 1 saturated carbocycles. The van der Waals surface area contributed by atoms with Gasteiger partial charge in [-0.2, -0.15) is 5.10 Å². The number of amides is 2. The number of sulfone groups is 1. The minimum Gasteiger partial charge on any atom is -0.347 e. The number of halogens is 1. The van der Waals surface area contributed by atoms with Crippen molar-refractivity contribution in [2.75, 3.05) is 29.5 Å². The molecule has 1 aromatic heterocycles. The molecule has 2 heterocycles. The predicted octanol–water partition coefficient (Wildman–Crippen LogP) is 2.68. The molecule has 1 fully saturated rings. The molecule has 1 N–H and O–H groups in total. The number of carbonyl (C=O) groups excluding carboxylic acids is 2. The van der Waals surface area contributed by atoms with Crippen LogP contribution in [-0.2, 0) is 31.4 Å². The van der Waals surface area contributed by atoms with Crippen LogP contribution in [0.3, 0.4) is 0 Å². The van der Waals surface area contributed by atoms with Crippen molar-refractivity contribution >= 4 is 39.1 Å². The van der Waals surface area contributed by atoms with Crippen molar-refractivity contribution in [2.45, 2.75) is 51.0 Å². The first-order valence-electron chi connectivity index (χ1n) is 11.4. The normalized spacial score (nSPS) is 17.2. The molecule has 0 bridgehead atoms. The first kappa shape index (κ1) is 23.8. The van der Waals surface area contributed by atoms with Crippen LogP contribution in [0.4, 0.5) is 5.82 Å². The van der Waals surface area contributed by atoms with Crippen LogP contribution in [0.1, 0.15) is 50.3 Å². The molecule has 1 aliphatic carbocycles. The highest BCUT2D eigenvalue weighted by Crippen LogP contribution is 2.51. The summed E-state index contributed by atoms with van der Waals surface area (Å²) in [5, 5.41) is 8.15. The van der Waals surface area contributed by atoms with Gasteiger partial charge >= 0.3 is 0 Å². The average Bonchev–Trinajstić information content (AvgIpc) is 3.21. The lowest BCUT2D eigenvalue weighted by Gasteiger charge is -2.41. The minimum absolute atomic E-state index is 0.00496. The van der Waals surface area contributed by atoms with Crippen molar-refractivity contribution in [3.05, 3.63) is 46.6 Å². The molecule has 4 rings (SSSR count). The smallest absolute Gasteiger partial charge is 0.247 e. The van der Waals surface area contributed by atoms with Gasteiger partial charge in [0.2, 0.25) is 11.8 Å². The summed E-state index contributed by atoms with van der Waals surface area (Å²) in [6.45, 7) is 2.63. The van der Waals surface area contributed by atoms with Gasteiger partial charge in [0.25, 0.3) is 0 Å². The Kier molecular flexibility index (Phi) is 6.81. The van der Waals surface area contributed by atoms with E-state index in [1.165, 1.54) is 0 Å². The Bertz CT molecular complexity index is 1160. The van der Waals surface area contributed by atoms with Crippen molar-refractivity contribution in [2.24, 2.45) is 0 Å². The zero-order valence-electron chi connectivity index (χ0n) is 18.7. The second-order valence-electron chi connectivity index (χ2n) is 8.69. The van der Waals surface area contributed by atoms with E-state index in [1.807, 2.05) is 28.9 Å². The molecule has 178 valence electrons. The van der Waals surface area contributed by atoms with Gasteiger partial charge in [-0.1, -0.05) is 43.1 Å². The number of aryl methyl sites for hydroxylation is 1. The van der Waals surface area contributed by atoms with E-state index in [-0.39, 0.29) is 35.8 Å². The summed E-state index contributed by atoms with van der Waals surface area (Å²) < 4.78 is 25.0. The lowest BCUT2D eigenvalue weighted by atomic mass is 9.62. The first-order valence-corrected chi connectivity index (χ1v) is 13.6. The third-order valence-corrected chi connectivity index (χ3v) is 8.73. The minimum atomic E-state index is -3.23. The molecule has 10 heteroatoms. The van der Waals surface area contributed by atoms with Gasteiger partial charge in [-0.05, 0) is 30.9 Å². The molecule has 33 heavy (non-hydrogen) atoms.